The van der Waals surface area contributed by atoms with Gasteiger partial charge in [0.1, 0.15) is 12.4 Å². The number of rotatable bonds is 6. The Hall–Kier alpha value is -1.07. The molecule has 5 heteroatoms. The number of hydrogen-bond acceptors (Lipinski definition) is 4. The Balaban J connectivity index is 2.50. The maximum atomic E-state index is 11.6. The molecule has 0 saturated heterocycles. The van der Waals surface area contributed by atoms with Crippen LogP contribution in [-0.4, -0.2) is 31.1 Å². The minimum absolute atomic E-state index is 0.0167. The molecule has 0 radical (unpaired) electrons. The summed E-state index contributed by atoms with van der Waals surface area (Å²) in [6.45, 7) is 5.15. The Bertz CT molecular complexity index is 460. The Morgan fingerprint density at radius 3 is 2.17 bits per heavy atom. The summed E-state index contributed by atoms with van der Waals surface area (Å²) in [6, 6.07) is 6.97. The molecule has 1 atom stereocenters. The summed E-state index contributed by atoms with van der Waals surface area (Å²) in [5.74, 6) is 0.626. The third-order valence-electron chi connectivity index (χ3n) is 2.72. The van der Waals surface area contributed by atoms with E-state index in [0.717, 1.165) is 5.56 Å². The summed E-state index contributed by atoms with van der Waals surface area (Å²) in [5, 5.41) is 8.96. The van der Waals surface area contributed by atoms with Crippen molar-refractivity contribution in [2.75, 3.05) is 12.4 Å². The van der Waals surface area contributed by atoms with Crippen molar-refractivity contribution in [3.63, 3.8) is 0 Å². The van der Waals surface area contributed by atoms with Gasteiger partial charge in [-0.25, -0.2) is 8.42 Å². The van der Waals surface area contributed by atoms with E-state index >= 15 is 0 Å². The molecule has 0 aromatic heterocycles. The van der Waals surface area contributed by atoms with Gasteiger partial charge in [0.15, 0.2) is 9.84 Å². The molecule has 1 aromatic carbocycles. The normalized spacial score (nSPS) is 13.6. The zero-order valence-corrected chi connectivity index (χ0v) is 11.8. The topological polar surface area (TPSA) is 63.6 Å². The van der Waals surface area contributed by atoms with Gasteiger partial charge >= 0.3 is 0 Å². The molecule has 1 rings (SSSR count). The number of aliphatic hydroxyl groups is 1. The van der Waals surface area contributed by atoms with Crippen molar-refractivity contribution in [2.24, 2.45) is 0 Å². The van der Waals surface area contributed by atoms with Crippen LogP contribution in [0, 0.1) is 0 Å². The van der Waals surface area contributed by atoms with Gasteiger partial charge in [-0.1, -0.05) is 12.1 Å². The van der Waals surface area contributed by atoms with Gasteiger partial charge in [-0.05, 0) is 38.5 Å². The van der Waals surface area contributed by atoms with Crippen molar-refractivity contribution < 1.29 is 18.3 Å². The lowest BCUT2D eigenvalue weighted by atomic mass is 10.1. The minimum Gasteiger partial charge on any atom is -0.493 e. The monoisotopic (exact) mass is 272 g/mol. The first-order chi connectivity index (χ1) is 8.33. The van der Waals surface area contributed by atoms with Crippen LogP contribution in [0.1, 0.15) is 32.4 Å². The lowest BCUT2D eigenvalue weighted by Gasteiger charge is -2.10. The van der Waals surface area contributed by atoms with Crippen LogP contribution in [0.5, 0.6) is 5.75 Å². The fourth-order valence-corrected chi connectivity index (χ4v) is 2.14. The number of aliphatic hydroxyl groups excluding tert-OH is 1. The van der Waals surface area contributed by atoms with Crippen LogP contribution in [-0.2, 0) is 9.84 Å². The molecule has 0 unspecified atom stereocenters. The van der Waals surface area contributed by atoms with Gasteiger partial charge in [-0.3, -0.25) is 0 Å². The Morgan fingerprint density at radius 2 is 1.72 bits per heavy atom. The molecule has 102 valence electrons. The number of benzene rings is 1. The van der Waals surface area contributed by atoms with Gasteiger partial charge in [0.25, 0.3) is 0 Å². The zero-order valence-electron chi connectivity index (χ0n) is 11.0. The second kappa shape index (κ2) is 6.20. The average molecular weight is 272 g/mol. The summed E-state index contributed by atoms with van der Waals surface area (Å²) >= 11 is 0. The highest BCUT2D eigenvalue weighted by Gasteiger charge is 2.15. The van der Waals surface area contributed by atoms with Crippen LogP contribution in [0.2, 0.25) is 0 Å². The van der Waals surface area contributed by atoms with E-state index in [2.05, 4.69) is 0 Å². The molecular formula is C13H20O4S. The zero-order chi connectivity index (χ0) is 13.8. The van der Waals surface area contributed by atoms with E-state index < -0.39 is 15.9 Å². The molecule has 0 fully saturated rings. The quantitative estimate of drug-likeness (QED) is 0.859. The first-order valence-corrected chi connectivity index (χ1v) is 7.67. The average Bonchev–Trinajstić information content (AvgIpc) is 2.29. The first-order valence-electron chi connectivity index (χ1n) is 5.95. The van der Waals surface area contributed by atoms with Gasteiger partial charge in [-0.15, -0.1) is 0 Å². The van der Waals surface area contributed by atoms with Crippen LogP contribution in [0.25, 0.3) is 0 Å². The number of ether oxygens (including phenoxy) is 1. The second-order valence-corrected chi connectivity index (χ2v) is 7.19. The molecule has 0 aliphatic heterocycles. The Kier molecular flexibility index (Phi) is 5.16. The summed E-state index contributed by atoms with van der Waals surface area (Å²) in [6.07, 6.45) is -0.514. The van der Waals surface area contributed by atoms with E-state index in [1.54, 1.807) is 45.0 Å². The third kappa shape index (κ3) is 4.31. The summed E-state index contributed by atoms with van der Waals surface area (Å²) < 4.78 is 28.5. The number of sulfone groups is 1. The summed E-state index contributed by atoms with van der Waals surface area (Å²) in [5.41, 5.74) is 0.803. The van der Waals surface area contributed by atoms with Crippen LogP contribution >= 0.6 is 0 Å². The predicted octanol–water partition coefficient (Wildman–Crippen LogP) is 1.94. The highest BCUT2D eigenvalue weighted by atomic mass is 32.2. The molecular weight excluding hydrogens is 252 g/mol. The highest BCUT2D eigenvalue weighted by molar-refractivity contribution is 7.91. The van der Waals surface area contributed by atoms with E-state index in [4.69, 9.17) is 4.74 Å². The smallest absolute Gasteiger partial charge is 0.155 e. The lowest BCUT2D eigenvalue weighted by Crippen LogP contribution is -2.22. The van der Waals surface area contributed by atoms with Crippen molar-refractivity contribution in [2.45, 2.75) is 32.1 Å². The maximum absolute atomic E-state index is 11.6. The lowest BCUT2D eigenvalue weighted by molar-refractivity contribution is 0.199. The van der Waals surface area contributed by atoms with E-state index in [1.165, 1.54) is 0 Å². The molecule has 0 aliphatic rings. The molecule has 1 N–H and O–H groups in total. The standard InChI is InChI=1S/C13H20O4S/c1-10(2)18(15,16)9-8-17-13-6-4-12(5-7-13)11(3)14/h4-7,10-11,14H,8-9H2,1-3H3/t11-/m1/s1. The van der Waals surface area contributed by atoms with Crippen molar-refractivity contribution in [1.82, 2.24) is 0 Å². The Morgan fingerprint density at radius 1 is 1.17 bits per heavy atom. The summed E-state index contributed by atoms with van der Waals surface area (Å²) in [7, 11) is -3.05. The number of hydrogen-bond donors (Lipinski definition) is 1. The molecule has 0 bridgehead atoms. The molecule has 1 aromatic rings. The largest absolute Gasteiger partial charge is 0.493 e. The van der Waals surface area contributed by atoms with Gasteiger partial charge in [0.05, 0.1) is 17.1 Å². The molecule has 0 amide bonds. The summed E-state index contributed by atoms with van der Waals surface area (Å²) in [4.78, 5) is 0. The van der Waals surface area contributed by atoms with Gasteiger partial charge < -0.3 is 9.84 Å². The highest BCUT2D eigenvalue weighted by Crippen LogP contribution is 2.17. The van der Waals surface area contributed by atoms with Crippen molar-refractivity contribution in [3.05, 3.63) is 29.8 Å². The molecule has 0 saturated carbocycles. The van der Waals surface area contributed by atoms with Gasteiger partial charge in [-0.2, -0.15) is 0 Å². The molecule has 0 heterocycles. The fraction of sp³-hybridized carbons (Fsp3) is 0.538. The SMILES string of the molecule is CC(C)S(=O)(=O)CCOc1ccc([C@@H](C)O)cc1. The van der Waals surface area contributed by atoms with E-state index in [0.29, 0.717) is 5.75 Å². The fourth-order valence-electron chi connectivity index (χ4n) is 1.35. The van der Waals surface area contributed by atoms with Gasteiger partial charge in [0.2, 0.25) is 0 Å². The molecule has 0 aliphatic carbocycles. The minimum atomic E-state index is -3.05. The predicted molar refractivity (Wildman–Crippen MR) is 71.5 cm³/mol. The van der Waals surface area contributed by atoms with E-state index in [9.17, 15) is 13.5 Å². The van der Waals surface area contributed by atoms with Crippen molar-refractivity contribution >= 4 is 9.84 Å². The molecule has 4 nitrogen and oxygen atoms in total. The third-order valence-corrected chi connectivity index (χ3v) is 4.89. The van der Waals surface area contributed by atoms with Crippen molar-refractivity contribution in [1.29, 1.82) is 0 Å². The van der Waals surface area contributed by atoms with Crippen LogP contribution in [0.15, 0.2) is 24.3 Å². The second-order valence-electron chi connectivity index (χ2n) is 4.51. The molecule has 0 spiro atoms. The maximum Gasteiger partial charge on any atom is 0.155 e. The van der Waals surface area contributed by atoms with Crippen LogP contribution in [0.3, 0.4) is 0 Å². The van der Waals surface area contributed by atoms with Crippen molar-refractivity contribution in [3.8, 4) is 5.75 Å². The van der Waals surface area contributed by atoms with Crippen LogP contribution < -0.4 is 4.74 Å². The Labute approximate surface area is 109 Å². The molecule has 18 heavy (non-hydrogen) atoms. The van der Waals surface area contributed by atoms with Gasteiger partial charge in [0, 0.05) is 0 Å². The van der Waals surface area contributed by atoms with Crippen LogP contribution in [0.4, 0.5) is 0 Å². The van der Waals surface area contributed by atoms with E-state index in [1.807, 2.05) is 0 Å². The first kappa shape index (κ1) is 15.0. The van der Waals surface area contributed by atoms with E-state index in [-0.39, 0.29) is 17.6 Å².